The van der Waals surface area contributed by atoms with Crippen molar-refractivity contribution in [1.29, 1.82) is 5.26 Å². The molecule has 1 unspecified atom stereocenters. The molecular weight excluding hydrogens is 290 g/mol. The fraction of sp³-hybridized carbons (Fsp3) is 0.357. The SMILES string of the molecule is CSCc1nnc(SC(C#N)Cc2ccc(C)cc2)o1. The van der Waals surface area contributed by atoms with Gasteiger partial charge in [0.05, 0.1) is 11.8 Å². The van der Waals surface area contributed by atoms with E-state index in [4.69, 9.17) is 4.42 Å². The lowest BCUT2D eigenvalue weighted by Gasteiger charge is -2.06. The molecule has 1 atom stereocenters. The summed E-state index contributed by atoms with van der Waals surface area (Å²) in [5, 5.41) is 17.4. The van der Waals surface area contributed by atoms with Gasteiger partial charge in [-0.1, -0.05) is 29.8 Å². The van der Waals surface area contributed by atoms with E-state index >= 15 is 0 Å². The molecule has 0 N–H and O–H groups in total. The first-order valence-corrected chi connectivity index (χ1v) is 8.41. The topological polar surface area (TPSA) is 62.7 Å². The van der Waals surface area contributed by atoms with Crippen LogP contribution in [0.5, 0.6) is 0 Å². The lowest BCUT2D eigenvalue weighted by atomic mass is 10.1. The van der Waals surface area contributed by atoms with Gasteiger partial charge in [0.15, 0.2) is 0 Å². The van der Waals surface area contributed by atoms with Crippen LogP contribution >= 0.6 is 23.5 Å². The van der Waals surface area contributed by atoms with E-state index < -0.39 is 0 Å². The largest absolute Gasteiger partial charge is 0.415 e. The summed E-state index contributed by atoms with van der Waals surface area (Å²) in [6.45, 7) is 2.05. The second-order valence-corrected chi connectivity index (χ2v) is 6.34. The highest BCUT2D eigenvalue weighted by Crippen LogP contribution is 2.25. The zero-order valence-electron chi connectivity index (χ0n) is 11.4. The summed E-state index contributed by atoms with van der Waals surface area (Å²) in [4.78, 5) is 0. The van der Waals surface area contributed by atoms with Crippen molar-refractivity contribution in [3.63, 3.8) is 0 Å². The number of benzene rings is 1. The van der Waals surface area contributed by atoms with Crippen molar-refractivity contribution in [1.82, 2.24) is 10.2 Å². The van der Waals surface area contributed by atoms with Crippen molar-refractivity contribution in [3.8, 4) is 6.07 Å². The van der Waals surface area contributed by atoms with Crippen LogP contribution in [0.4, 0.5) is 0 Å². The smallest absolute Gasteiger partial charge is 0.277 e. The Balaban J connectivity index is 1.98. The minimum Gasteiger partial charge on any atom is -0.415 e. The molecule has 0 aliphatic carbocycles. The first-order chi connectivity index (χ1) is 9.71. The van der Waals surface area contributed by atoms with Gasteiger partial charge in [-0.2, -0.15) is 17.0 Å². The van der Waals surface area contributed by atoms with Crippen LogP contribution in [-0.2, 0) is 12.2 Å². The molecule has 0 bridgehead atoms. The molecule has 0 radical (unpaired) electrons. The summed E-state index contributed by atoms with van der Waals surface area (Å²) in [6, 6.07) is 10.5. The molecule has 20 heavy (non-hydrogen) atoms. The van der Waals surface area contributed by atoms with Crippen LogP contribution in [0.1, 0.15) is 17.0 Å². The molecule has 0 saturated heterocycles. The molecule has 1 heterocycles. The van der Waals surface area contributed by atoms with E-state index in [1.54, 1.807) is 11.8 Å². The third kappa shape index (κ3) is 4.29. The highest BCUT2D eigenvalue weighted by molar-refractivity contribution is 8.00. The second kappa shape index (κ2) is 7.36. The number of nitriles is 1. The molecule has 1 aromatic carbocycles. The molecule has 2 aromatic rings. The normalized spacial score (nSPS) is 12.1. The number of nitrogens with zero attached hydrogens (tertiary/aromatic N) is 3. The lowest BCUT2D eigenvalue weighted by Crippen LogP contribution is -2.03. The standard InChI is InChI=1S/C14H15N3OS2/c1-10-3-5-11(6-4-10)7-12(8-15)20-14-17-16-13(18-14)9-19-2/h3-6,12H,7,9H2,1-2H3. The summed E-state index contributed by atoms with van der Waals surface area (Å²) in [5.41, 5.74) is 2.35. The van der Waals surface area contributed by atoms with E-state index in [1.165, 1.54) is 17.3 Å². The van der Waals surface area contributed by atoms with Gasteiger partial charge < -0.3 is 4.42 Å². The molecule has 6 heteroatoms. The molecule has 0 amide bonds. The van der Waals surface area contributed by atoms with Gasteiger partial charge in [0, 0.05) is 0 Å². The van der Waals surface area contributed by atoms with Crippen molar-refractivity contribution < 1.29 is 4.42 Å². The Morgan fingerprint density at radius 1 is 1.30 bits per heavy atom. The molecule has 2 rings (SSSR count). The monoisotopic (exact) mass is 305 g/mol. The Hall–Kier alpha value is -1.45. The van der Waals surface area contributed by atoms with E-state index in [1.807, 2.05) is 25.3 Å². The van der Waals surface area contributed by atoms with Crippen LogP contribution in [0.3, 0.4) is 0 Å². The van der Waals surface area contributed by atoms with Crippen LogP contribution in [0.2, 0.25) is 0 Å². The molecule has 104 valence electrons. The maximum atomic E-state index is 9.25. The van der Waals surface area contributed by atoms with Gasteiger partial charge in [-0.25, -0.2) is 0 Å². The first kappa shape index (κ1) is 14.9. The van der Waals surface area contributed by atoms with Gasteiger partial charge in [-0.15, -0.1) is 10.2 Å². The maximum Gasteiger partial charge on any atom is 0.277 e. The van der Waals surface area contributed by atoms with Crippen molar-refractivity contribution in [2.45, 2.75) is 29.6 Å². The lowest BCUT2D eigenvalue weighted by molar-refractivity contribution is 0.426. The van der Waals surface area contributed by atoms with Crippen LogP contribution in [0.15, 0.2) is 33.9 Å². The number of thioether (sulfide) groups is 2. The Labute approximate surface area is 127 Å². The second-order valence-electron chi connectivity index (χ2n) is 4.32. The summed E-state index contributed by atoms with van der Waals surface area (Å²) in [5.74, 6) is 1.30. The fourth-order valence-electron chi connectivity index (χ4n) is 1.64. The fourth-order valence-corrected chi connectivity index (χ4v) is 2.81. The number of aryl methyl sites for hydroxylation is 1. The van der Waals surface area contributed by atoms with E-state index in [-0.39, 0.29) is 5.25 Å². The van der Waals surface area contributed by atoms with Gasteiger partial charge >= 0.3 is 0 Å². The van der Waals surface area contributed by atoms with Crippen LogP contribution in [0.25, 0.3) is 0 Å². The Bertz CT molecular complexity index is 589. The zero-order chi connectivity index (χ0) is 14.4. The molecule has 0 aliphatic rings. The molecule has 0 aliphatic heterocycles. The molecule has 0 saturated carbocycles. The predicted molar refractivity (Wildman–Crippen MR) is 81.7 cm³/mol. The van der Waals surface area contributed by atoms with Crippen molar-refractivity contribution in [2.24, 2.45) is 0 Å². The number of hydrogen-bond acceptors (Lipinski definition) is 6. The van der Waals surface area contributed by atoms with Crippen molar-refractivity contribution >= 4 is 23.5 Å². The van der Waals surface area contributed by atoms with Crippen molar-refractivity contribution in [2.75, 3.05) is 6.26 Å². The average molecular weight is 305 g/mol. The average Bonchev–Trinajstić information content (AvgIpc) is 2.88. The van der Waals surface area contributed by atoms with Crippen LogP contribution in [0, 0.1) is 18.3 Å². The Morgan fingerprint density at radius 3 is 2.70 bits per heavy atom. The minimum atomic E-state index is -0.222. The maximum absolute atomic E-state index is 9.25. The highest BCUT2D eigenvalue weighted by atomic mass is 32.2. The van der Waals surface area contributed by atoms with Crippen LogP contribution in [-0.4, -0.2) is 21.7 Å². The van der Waals surface area contributed by atoms with Crippen LogP contribution < -0.4 is 0 Å². The predicted octanol–water partition coefficient (Wildman–Crippen LogP) is 3.47. The van der Waals surface area contributed by atoms with E-state index in [2.05, 4.69) is 28.4 Å². The Kier molecular flexibility index (Phi) is 5.50. The van der Waals surface area contributed by atoms with E-state index in [9.17, 15) is 5.26 Å². The van der Waals surface area contributed by atoms with Gasteiger partial charge in [-0.3, -0.25) is 0 Å². The highest BCUT2D eigenvalue weighted by Gasteiger charge is 2.15. The third-order valence-electron chi connectivity index (χ3n) is 2.64. The minimum absolute atomic E-state index is 0.222. The Morgan fingerprint density at radius 2 is 2.05 bits per heavy atom. The van der Waals surface area contributed by atoms with E-state index in [0.29, 0.717) is 23.3 Å². The quantitative estimate of drug-likeness (QED) is 0.762. The van der Waals surface area contributed by atoms with Gasteiger partial charge in [0.1, 0.15) is 5.25 Å². The number of rotatable bonds is 6. The summed E-state index contributed by atoms with van der Waals surface area (Å²) in [6.07, 6.45) is 2.65. The molecule has 0 fully saturated rings. The molecule has 0 spiro atoms. The van der Waals surface area contributed by atoms with Gasteiger partial charge in [0.25, 0.3) is 5.22 Å². The first-order valence-electron chi connectivity index (χ1n) is 6.14. The summed E-state index contributed by atoms with van der Waals surface area (Å²) >= 11 is 2.95. The van der Waals surface area contributed by atoms with Gasteiger partial charge in [-0.05, 0) is 36.9 Å². The molecule has 4 nitrogen and oxygen atoms in total. The third-order valence-corrected chi connectivity index (χ3v) is 4.10. The number of aromatic nitrogens is 2. The molecule has 1 aromatic heterocycles. The number of hydrogen-bond donors (Lipinski definition) is 0. The zero-order valence-corrected chi connectivity index (χ0v) is 13.0. The summed E-state index contributed by atoms with van der Waals surface area (Å²) < 4.78 is 5.48. The van der Waals surface area contributed by atoms with Gasteiger partial charge in [0.2, 0.25) is 5.89 Å². The van der Waals surface area contributed by atoms with E-state index in [0.717, 1.165) is 5.56 Å². The molecular formula is C14H15N3OS2. The van der Waals surface area contributed by atoms with Crippen molar-refractivity contribution in [3.05, 3.63) is 41.3 Å². The summed E-state index contributed by atoms with van der Waals surface area (Å²) in [7, 11) is 0.